The highest BCUT2D eigenvalue weighted by Gasteiger charge is 2.02. The molecule has 0 spiro atoms. The second kappa shape index (κ2) is 7.47. The van der Waals surface area contributed by atoms with E-state index in [0.29, 0.717) is 19.1 Å². The Morgan fingerprint density at radius 1 is 1.20 bits per heavy atom. The van der Waals surface area contributed by atoms with Crippen LogP contribution in [0.15, 0.2) is 47.5 Å². The SMILES string of the molecule is COCCCN=C(NN)Nc1cccc2ccccc12. The highest BCUT2D eigenvalue weighted by Crippen LogP contribution is 2.22. The van der Waals surface area contributed by atoms with Crippen LogP contribution < -0.4 is 16.6 Å². The van der Waals surface area contributed by atoms with Crippen molar-refractivity contribution in [2.24, 2.45) is 10.8 Å². The lowest BCUT2D eigenvalue weighted by atomic mass is 10.1. The van der Waals surface area contributed by atoms with Crippen LogP contribution >= 0.6 is 0 Å². The highest BCUT2D eigenvalue weighted by molar-refractivity contribution is 6.03. The van der Waals surface area contributed by atoms with Gasteiger partial charge in [-0.1, -0.05) is 36.4 Å². The van der Waals surface area contributed by atoms with Crippen molar-refractivity contribution in [1.29, 1.82) is 0 Å². The lowest BCUT2D eigenvalue weighted by Gasteiger charge is -2.11. The van der Waals surface area contributed by atoms with Crippen molar-refractivity contribution in [1.82, 2.24) is 5.43 Å². The number of rotatable bonds is 5. The van der Waals surface area contributed by atoms with Crippen LogP contribution in [-0.2, 0) is 4.74 Å². The normalized spacial score (nSPS) is 11.6. The topological polar surface area (TPSA) is 71.7 Å². The van der Waals surface area contributed by atoms with Gasteiger partial charge in [-0.25, -0.2) is 5.84 Å². The Morgan fingerprint density at radius 2 is 2.00 bits per heavy atom. The molecule has 0 saturated heterocycles. The third-order valence-electron chi connectivity index (χ3n) is 2.96. The molecule has 0 unspecified atom stereocenters. The number of hydrogen-bond acceptors (Lipinski definition) is 3. The van der Waals surface area contributed by atoms with Crippen molar-refractivity contribution < 1.29 is 4.74 Å². The van der Waals surface area contributed by atoms with Crippen molar-refractivity contribution >= 4 is 22.4 Å². The third kappa shape index (κ3) is 3.69. The van der Waals surface area contributed by atoms with Crippen molar-refractivity contribution in [2.75, 3.05) is 25.6 Å². The molecule has 0 radical (unpaired) electrons. The molecule has 0 heterocycles. The molecule has 2 rings (SSSR count). The molecule has 20 heavy (non-hydrogen) atoms. The number of hydrogen-bond donors (Lipinski definition) is 3. The average molecular weight is 272 g/mol. The van der Waals surface area contributed by atoms with Crippen LogP contribution in [-0.4, -0.2) is 26.2 Å². The Morgan fingerprint density at radius 3 is 2.80 bits per heavy atom. The number of nitrogens with two attached hydrogens (primary N) is 1. The smallest absolute Gasteiger partial charge is 0.210 e. The monoisotopic (exact) mass is 272 g/mol. The van der Waals surface area contributed by atoms with Gasteiger partial charge in [0.2, 0.25) is 5.96 Å². The Hall–Kier alpha value is -2.11. The molecule has 0 atom stereocenters. The van der Waals surface area contributed by atoms with Crippen LogP contribution in [0.4, 0.5) is 5.69 Å². The van der Waals surface area contributed by atoms with E-state index in [1.165, 1.54) is 5.39 Å². The van der Waals surface area contributed by atoms with Gasteiger partial charge in [-0.3, -0.25) is 10.4 Å². The molecule has 2 aromatic rings. The lowest BCUT2D eigenvalue weighted by molar-refractivity contribution is 0.197. The molecule has 0 saturated carbocycles. The fourth-order valence-corrected chi connectivity index (χ4v) is 1.98. The maximum atomic E-state index is 5.50. The van der Waals surface area contributed by atoms with E-state index >= 15 is 0 Å². The highest BCUT2D eigenvalue weighted by atomic mass is 16.5. The fraction of sp³-hybridized carbons (Fsp3) is 0.267. The number of guanidine groups is 1. The summed E-state index contributed by atoms with van der Waals surface area (Å²) in [6.07, 6.45) is 0.860. The second-order valence-electron chi connectivity index (χ2n) is 4.37. The van der Waals surface area contributed by atoms with Gasteiger partial charge < -0.3 is 10.1 Å². The average Bonchev–Trinajstić information content (AvgIpc) is 2.50. The number of fused-ring (bicyclic) bond motifs is 1. The predicted molar refractivity (Wildman–Crippen MR) is 83.7 cm³/mol. The van der Waals surface area contributed by atoms with Crippen LogP contribution in [0.25, 0.3) is 10.8 Å². The standard InChI is InChI=1S/C15H20N4O/c1-20-11-5-10-17-15(19-16)18-14-9-4-7-12-6-2-3-8-13(12)14/h2-4,6-9H,5,10-11,16H2,1H3,(H2,17,18,19). The zero-order valence-electron chi connectivity index (χ0n) is 11.6. The number of aliphatic imine (C=N–C) groups is 1. The summed E-state index contributed by atoms with van der Waals surface area (Å²) in [6.45, 7) is 1.35. The molecule has 0 aliphatic carbocycles. The van der Waals surface area contributed by atoms with Gasteiger partial charge in [0, 0.05) is 31.3 Å². The zero-order chi connectivity index (χ0) is 14.2. The van der Waals surface area contributed by atoms with E-state index < -0.39 is 0 Å². The molecule has 0 fully saturated rings. The minimum absolute atomic E-state index is 0.553. The summed E-state index contributed by atoms with van der Waals surface area (Å²) in [5.74, 6) is 6.06. The summed E-state index contributed by atoms with van der Waals surface area (Å²) in [7, 11) is 1.68. The molecule has 106 valence electrons. The molecular formula is C15H20N4O. The number of anilines is 1. The molecule has 5 nitrogen and oxygen atoms in total. The molecule has 0 bridgehead atoms. The maximum Gasteiger partial charge on any atom is 0.210 e. The summed E-state index contributed by atoms with van der Waals surface area (Å²) in [4.78, 5) is 4.37. The van der Waals surface area contributed by atoms with Crippen LogP contribution in [0.5, 0.6) is 0 Å². The fourth-order valence-electron chi connectivity index (χ4n) is 1.98. The maximum absolute atomic E-state index is 5.50. The van der Waals surface area contributed by atoms with Gasteiger partial charge >= 0.3 is 0 Å². The summed E-state index contributed by atoms with van der Waals surface area (Å²) >= 11 is 0. The van der Waals surface area contributed by atoms with Crippen molar-refractivity contribution in [3.63, 3.8) is 0 Å². The van der Waals surface area contributed by atoms with E-state index in [-0.39, 0.29) is 0 Å². The Labute approximate surface area is 118 Å². The van der Waals surface area contributed by atoms with Crippen molar-refractivity contribution in [3.8, 4) is 0 Å². The Bertz CT molecular complexity index is 578. The number of nitrogens with one attached hydrogen (secondary N) is 2. The van der Waals surface area contributed by atoms with Gasteiger partial charge in [-0.15, -0.1) is 0 Å². The summed E-state index contributed by atoms with van der Waals surface area (Å²) in [5.41, 5.74) is 3.57. The minimum atomic E-state index is 0.553. The van der Waals surface area contributed by atoms with E-state index in [1.807, 2.05) is 24.3 Å². The van der Waals surface area contributed by atoms with Gasteiger partial charge in [-0.2, -0.15) is 0 Å². The molecule has 4 N–H and O–H groups in total. The summed E-state index contributed by atoms with van der Waals surface area (Å²) < 4.78 is 4.99. The minimum Gasteiger partial charge on any atom is -0.385 e. The Balaban J connectivity index is 2.13. The molecule has 2 aromatic carbocycles. The van der Waals surface area contributed by atoms with Gasteiger partial charge in [0.05, 0.1) is 0 Å². The summed E-state index contributed by atoms with van der Waals surface area (Å²) in [6, 6.07) is 14.3. The number of hydrazine groups is 1. The second-order valence-corrected chi connectivity index (χ2v) is 4.37. The first kappa shape index (κ1) is 14.3. The van der Waals surface area contributed by atoms with Crippen LogP contribution in [0.3, 0.4) is 0 Å². The van der Waals surface area contributed by atoms with E-state index in [1.54, 1.807) is 7.11 Å². The first-order valence-corrected chi connectivity index (χ1v) is 6.60. The van der Waals surface area contributed by atoms with Crippen LogP contribution in [0.2, 0.25) is 0 Å². The molecule has 5 heteroatoms. The largest absolute Gasteiger partial charge is 0.385 e. The molecule has 0 aliphatic rings. The molecule has 0 aliphatic heterocycles. The van der Waals surface area contributed by atoms with E-state index in [4.69, 9.17) is 10.6 Å². The van der Waals surface area contributed by atoms with Crippen LogP contribution in [0, 0.1) is 0 Å². The van der Waals surface area contributed by atoms with E-state index in [9.17, 15) is 0 Å². The quantitative estimate of drug-likeness (QED) is 0.256. The van der Waals surface area contributed by atoms with Crippen molar-refractivity contribution in [2.45, 2.75) is 6.42 Å². The van der Waals surface area contributed by atoms with Gasteiger partial charge in [0.15, 0.2) is 0 Å². The predicted octanol–water partition coefficient (Wildman–Crippen LogP) is 2.11. The first-order valence-electron chi connectivity index (χ1n) is 6.60. The zero-order valence-corrected chi connectivity index (χ0v) is 11.6. The number of ether oxygens (including phenoxy) is 1. The number of methoxy groups -OCH3 is 1. The third-order valence-corrected chi connectivity index (χ3v) is 2.96. The number of benzene rings is 2. The van der Waals surface area contributed by atoms with Gasteiger partial charge in [-0.05, 0) is 17.9 Å². The molecule has 0 amide bonds. The first-order chi connectivity index (χ1) is 9.85. The molecule has 0 aromatic heterocycles. The number of nitrogens with zero attached hydrogens (tertiary/aromatic N) is 1. The lowest BCUT2D eigenvalue weighted by Crippen LogP contribution is -2.36. The van der Waals surface area contributed by atoms with Gasteiger partial charge in [0.25, 0.3) is 0 Å². The van der Waals surface area contributed by atoms with Gasteiger partial charge in [0.1, 0.15) is 0 Å². The van der Waals surface area contributed by atoms with E-state index in [2.05, 4.69) is 33.9 Å². The summed E-state index contributed by atoms with van der Waals surface area (Å²) in [5, 5.41) is 5.53. The Kier molecular flexibility index (Phi) is 5.34. The van der Waals surface area contributed by atoms with Crippen LogP contribution in [0.1, 0.15) is 6.42 Å². The van der Waals surface area contributed by atoms with E-state index in [0.717, 1.165) is 17.5 Å². The molecular weight excluding hydrogens is 252 g/mol. The van der Waals surface area contributed by atoms with Crippen molar-refractivity contribution in [3.05, 3.63) is 42.5 Å².